The molecule has 3 aliphatic heterocycles. The Labute approximate surface area is 89.7 Å². The van der Waals surface area contributed by atoms with Crippen LogP contribution in [0.1, 0.15) is 6.42 Å². The number of hydrogen-bond donors (Lipinski definition) is 0. The third kappa shape index (κ3) is 32.2. The quantitative estimate of drug-likeness (QED) is 0.197. The van der Waals surface area contributed by atoms with Crippen molar-refractivity contribution < 1.29 is 23.7 Å². The molecule has 3 rings (SSSR count). The van der Waals surface area contributed by atoms with Gasteiger partial charge >= 0.3 is 17.3 Å². The van der Waals surface area contributed by atoms with Gasteiger partial charge in [0.15, 0.2) is 0 Å². The molecule has 3 saturated heterocycles. The van der Waals surface area contributed by atoms with Crippen molar-refractivity contribution >= 4 is 5.97 Å². The molecule has 0 aromatic carbocycles. The van der Waals surface area contributed by atoms with Gasteiger partial charge in [0.2, 0.25) is 0 Å². The summed E-state index contributed by atoms with van der Waals surface area (Å²) in [6.45, 7) is 15.1. The molecule has 0 spiro atoms. The maximum atomic E-state index is 9.68. The van der Waals surface area contributed by atoms with Crippen molar-refractivity contribution in [2.24, 2.45) is 0 Å². The number of hydrogen-bond acceptors (Lipinski definition) is 4. The Bertz CT molecular complexity index is 145. The molecule has 0 aromatic rings. The first-order valence-electron chi connectivity index (χ1n) is 4.41. The molecule has 5 nitrogen and oxygen atoms in total. The van der Waals surface area contributed by atoms with Gasteiger partial charge in [-0.1, -0.05) is 0 Å². The Morgan fingerprint density at radius 2 is 1.20 bits per heavy atom. The maximum absolute atomic E-state index is 9.68. The van der Waals surface area contributed by atoms with Crippen molar-refractivity contribution in [3.63, 3.8) is 0 Å². The zero-order valence-electron chi connectivity index (χ0n) is 8.70. The van der Waals surface area contributed by atoms with E-state index in [1.54, 1.807) is 0 Å². The SMILES string of the molecule is C1CO1.C1CO1.C=C.O=C1CCO1.[C-]#[O+]. The van der Waals surface area contributed by atoms with Crippen molar-refractivity contribution in [2.45, 2.75) is 6.42 Å². The molecule has 0 unspecified atom stereocenters. The van der Waals surface area contributed by atoms with E-state index in [1.807, 2.05) is 0 Å². The summed E-state index contributed by atoms with van der Waals surface area (Å²) in [5, 5.41) is 0. The molecule has 0 aliphatic carbocycles. The van der Waals surface area contributed by atoms with Crippen LogP contribution < -0.4 is 0 Å². The summed E-state index contributed by atoms with van der Waals surface area (Å²) < 4.78 is 20.8. The van der Waals surface area contributed by atoms with E-state index >= 15 is 0 Å². The molecule has 0 radical (unpaired) electrons. The van der Waals surface area contributed by atoms with Crippen molar-refractivity contribution in [3.8, 4) is 0 Å². The van der Waals surface area contributed by atoms with E-state index in [4.69, 9.17) is 4.65 Å². The second-order valence-electron chi connectivity index (χ2n) is 2.20. The Morgan fingerprint density at radius 1 is 1.00 bits per heavy atom. The summed E-state index contributed by atoms with van der Waals surface area (Å²) in [4.78, 5) is 9.68. The van der Waals surface area contributed by atoms with Crippen LogP contribution in [0.2, 0.25) is 0 Å². The van der Waals surface area contributed by atoms with Gasteiger partial charge in [-0.3, -0.25) is 4.79 Å². The number of epoxide rings is 2. The minimum absolute atomic E-state index is 0.0648. The molecule has 0 aromatic heterocycles. The van der Waals surface area contributed by atoms with Gasteiger partial charge in [0.05, 0.1) is 32.8 Å². The predicted octanol–water partition coefficient (Wildman–Crippen LogP) is 0.731. The van der Waals surface area contributed by atoms with Crippen molar-refractivity contribution in [3.05, 3.63) is 19.8 Å². The van der Waals surface area contributed by atoms with Crippen LogP contribution in [0.5, 0.6) is 0 Å². The zero-order valence-corrected chi connectivity index (χ0v) is 8.70. The summed E-state index contributed by atoms with van der Waals surface area (Å²) >= 11 is 0. The van der Waals surface area contributed by atoms with Gasteiger partial charge in [-0.05, 0) is 0 Å². The monoisotopic (exact) mass is 216 g/mol. The summed E-state index contributed by atoms with van der Waals surface area (Å²) in [5.74, 6) is -0.0648. The molecular weight excluding hydrogens is 200 g/mol. The molecule has 15 heavy (non-hydrogen) atoms. The van der Waals surface area contributed by atoms with E-state index in [1.165, 1.54) is 0 Å². The van der Waals surface area contributed by atoms with Crippen LogP contribution >= 0.6 is 0 Å². The standard InChI is InChI=1S/C3H4O2.2C2H4O.C2H4.CO/c4-3-1-2-5-3;2*1-2-3-1;2*1-2/h1-2H2;2*1-2H2;1-2H2;. The number of ether oxygens (including phenoxy) is 3. The third-order valence-electron chi connectivity index (χ3n) is 0.977. The fourth-order valence-corrected chi connectivity index (χ4v) is 0.185. The van der Waals surface area contributed by atoms with E-state index in [-0.39, 0.29) is 5.97 Å². The van der Waals surface area contributed by atoms with Crippen LogP contribution in [0.3, 0.4) is 0 Å². The van der Waals surface area contributed by atoms with Gasteiger partial charge < -0.3 is 14.2 Å². The Kier molecular flexibility index (Phi) is 16.7. The van der Waals surface area contributed by atoms with Crippen LogP contribution in [0, 0.1) is 6.65 Å². The number of cyclic esters (lactones) is 1. The summed E-state index contributed by atoms with van der Waals surface area (Å²) in [6.07, 6.45) is 0.625. The van der Waals surface area contributed by atoms with Crippen LogP contribution in [-0.4, -0.2) is 39.0 Å². The van der Waals surface area contributed by atoms with Crippen LogP contribution in [-0.2, 0) is 23.7 Å². The molecule has 5 heteroatoms. The van der Waals surface area contributed by atoms with Gasteiger partial charge in [0, 0.05) is 0 Å². The fraction of sp³-hybridized carbons (Fsp3) is 0.600. The van der Waals surface area contributed by atoms with Crippen LogP contribution in [0.15, 0.2) is 13.2 Å². The summed E-state index contributed by atoms with van der Waals surface area (Å²) in [5.41, 5.74) is 0. The number of esters is 1. The normalized spacial score (nSPS) is 16.8. The Morgan fingerprint density at radius 3 is 1.20 bits per heavy atom. The minimum atomic E-state index is -0.0648. The first-order valence-corrected chi connectivity index (χ1v) is 4.41. The van der Waals surface area contributed by atoms with Gasteiger partial charge in [0.25, 0.3) is 0 Å². The number of carbonyl (C=O) groups excluding carboxylic acids is 1. The van der Waals surface area contributed by atoms with E-state index < -0.39 is 0 Å². The Balaban J connectivity index is 0. The Hall–Kier alpha value is -1.13. The average molecular weight is 216 g/mol. The van der Waals surface area contributed by atoms with Crippen molar-refractivity contribution in [1.29, 1.82) is 0 Å². The topological polar surface area (TPSA) is 71.3 Å². The van der Waals surface area contributed by atoms with Crippen LogP contribution in [0.25, 0.3) is 0 Å². The molecule has 86 valence electrons. The van der Waals surface area contributed by atoms with Crippen LogP contribution in [0.4, 0.5) is 0 Å². The second-order valence-corrected chi connectivity index (χ2v) is 2.20. The molecule has 0 saturated carbocycles. The second kappa shape index (κ2) is 15.3. The predicted molar refractivity (Wildman–Crippen MR) is 52.4 cm³/mol. The molecular formula is C10H16O5. The van der Waals surface area contributed by atoms with Gasteiger partial charge in [-0.25, -0.2) is 0 Å². The van der Waals surface area contributed by atoms with E-state index in [9.17, 15) is 4.79 Å². The fourth-order valence-electron chi connectivity index (χ4n) is 0.185. The molecule has 0 bridgehead atoms. The summed E-state index contributed by atoms with van der Waals surface area (Å²) in [7, 11) is 0. The number of carbonyl (C=O) groups is 1. The summed E-state index contributed by atoms with van der Waals surface area (Å²) in [6, 6.07) is 0. The van der Waals surface area contributed by atoms with E-state index in [2.05, 4.69) is 34.0 Å². The first kappa shape index (κ1) is 16.3. The van der Waals surface area contributed by atoms with E-state index in [0.717, 1.165) is 26.4 Å². The van der Waals surface area contributed by atoms with Gasteiger partial charge in [-0.2, -0.15) is 0 Å². The molecule has 0 N–H and O–H groups in total. The third-order valence-corrected chi connectivity index (χ3v) is 0.977. The molecule has 3 heterocycles. The number of rotatable bonds is 0. The molecule has 3 aliphatic rings. The van der Waals surface area contributed by atoms with Gasteiger partial charge in [-0.15, -0.1) is 13.2 Å². The molecule has 0 amide bonds. The first-order chi connectivity index (χ1) is 7.39. The van der Waals surface area contributed by atoms with Gasteiger partial charge in [0.1, 0.15) is 6.61 Å². The molecule has 0 atom stereocenters. The zero-order chi connectivity index (χ0) is 11.9. The van der Waals surface area contributed by atoms with Crippen molar-refractivity contribution in [2.75, 3.05) is 33.0 Å². The average Bonchev–Trinajstić information content (AvgIpc) is 3.15. The molecule has 3 fully saturated rings. The van der Waals surface area contributed by atoms with Crippen molar-refractivity contribution in [1.82, 2.24) is 0 Å². The van der Waals surface area contributed by atoms with E-state index in [0.29, 0.717) is 13.0 Å².